The Morgan fingerprint density at radius 3 is 1.22 bits per heavy atom. The Labute approximate surface area is 135 Å². The molecule has 4 aromatic rings. The normalized spacial score (nSPS) is 9.04. The maximum atomic E-state index is 8.63. The van der Waals surface area contributed by atoms with E-state index < -0.39 is 0 Å². The summed E-state index contributed by atoms with van der Waals surface area (Å²) in [5.74, 6) is 0.322. The highest BCUT2D eigenvalue weighted by atomic mass is 16.3. The molecule has 0 saturated heterocycles. The van der Waals surface area contributed by atoms with Gasteiger partial charge < -0.3 is 5.11 Å². The summed E-state index contributed by atoms with van der Waals surface area (Å²) in [6.45, 7) is 0. The maximum absolute atomic E-state index is 8.63. The molecule has 0 radical (unpaired) electrons. The summed E-state index contributed by atoms with van der Waals surface area (Å²) in [4.78, 5) is 0. The lowest BCUT2D eigenvalue weighted by Crippen LogP contribution is -1.78. The van der Waals surface area contributed by atoms with Crippen LogP contribution in [0.4, 0.5) is 0 Å². The Bertz CT molecular complexity index is 700. The van der Waals surface area contributed by atoms with E-state index in [0.29, 0.717) is 5.75 Å². The van der Waals surface area contributed by atoms with E-state index in [4.69, 9.17) is 5.11 Å². The molecule has 0 unspecified atom stereocenters. The topological polar surface area (TPSA) is 58.9 Å². The minimum atomic E-state index is 0.322. The quantitative estimate of drug-likeness (QED) is 0.531. The summed E-state index contributed by atoms with van der Waals surface area (Å²) in [6, 6.07) is 27.1. The number of hydrogen-bond donors (Lipinski definition) is 1. The summed E-state index contributed by atoms with van der Waals surface area (Å²) in [6.07, 6.45) is 3.15. The van der Waals surface area contributed by atoms with Crippen LogP contribution in [0.1, 0.15) is 0 Å². The molecule has 4 heteroatoms. The number of phenols is 1. The van der Waals surface area contributed by atoms with Gasteiger partial charge in [0.2, 0.25) is 0 Å². The van der Waals surface area contributed by atoms with Gasteiger partial charge in [-0.25, -0.2) is 0 Å². The molecule has 1 heterocycles. The average Bonchev–Trinajstić information content (AvgIpc) is 2.65. The van der Waals surface area contributed by atoms with Crippen LogP contribution in [0.5, 0.6) is 5.75 Å². The van der Waals surface area contributed by atoms with E-state index in [9.17, 15) is 0 Å². The molecule has 0 spiro atoms. The summed E-state index contributed by atoms with van der Waals surface area (Å²) in [7, 11) is 0. The summed E-state index contributed by atoms with van der Waals surface area (Å²) in [5.41, 5.74) is 0. The molecule has 0 aliphatic carbocycles. The minimum Gasteiger partial charge on any atom is -0.508 e. The van der Waals surface area contributed by atoms with Gasteiger partial charge in [-0.2, -0.15) is 0 Å². The third-order valence-electron chi connectivity index (χ3n) is 2.82. The van der Waals surface area contributed by atoms with Crippen molar-refractivity contribution >= 4 is 10.8 Å². The van der Waals surface area contributed by atoms with Crippen molar-refractivity contribution in [2.24, 2.45) is 0 Å². The fourth-order valence-electron chi connectivity index (χ4n) is 1.77. The van der Waals surface area contributed by atoms with Crippen LogP contribution < -0.4 is 0 Å². The van der Waals surface area contributed by atoms with Gasteiger partial charge in [-0.15, -0.1) is 10.2 Å². The first-order valence-electron chi connectivity index (χ1n) is 7.12. The van der Waals surface area contributed by atoms with Gasteiger partial charge in [0.1, 0.15) is 5.75 Å². The first-order valence-corrected chi connectivity index (χ1v) is 7.12. The molecule has 0 atom stereocenters. The van der Waals surface area contributed by atoms with Crippen LogP contribution in [-0.4, -0.2) is 20.5 Å². The third-order valence-corrected chi connectivity index (χ3v) is 2.82. The second-order valence-electron chi connectivity index (χ2n) is 4.49. The minimum absolute atomic E-state index is 0.322. The van der Waals surface area contributed by atoms with E-state index in [1.165, 1.54) is 10.8 Å². The largest absolute Gasteiger partial charge is 0.508 e. The second-order valence-corrected chi connectivity index (χ2v) is 4.49. The Hall–Kier alpha value is -3.27. The molecule has 0 fully saturated rings. The Morgan fingerprint density at radius 2 is 0.957 bits per heavy atom. The average molecular weight is 303 g/mol. The van der Waals surface area contributed by atoms with Gasteiger partial charge in [-0.1, -0.05) is 66.7 Å². The summed E-state index contributed by atoms with van der Waals surface area (Å²) < 4.78 is 0. The molecule has 3 aromatic carbocycles. The molecule has 114 valence electrons. The third kappa shape index (κ3) is 6.35. The van der Waals surface area contributed by atoms with Gasteiger partial charge in [-0.3, -0.25) is 0 Å². The van der Waals surface area contributed by atoms with E-state index in [2.05, 4.69) is 63.9 Å². The van der Waals surface area contributed by atoms with Crippen LogP contribution in [0.2, 0.25) is 0 Å². The lowest BCUT2D eigenvalue weighted by atomic mass is 10.1. The lowest BCUT2D eigenvalue weighted by Gasteiger charge is -1.92. The monoisotopic (exact) mass is 303 g/mol. The van der Waals surface area contributed by atoms with Crippen LogP contribution in [0, 0.1) is 0 Å². The van der Waals surface area contributed by atoms with E-state index in [1.807, 2.05) is 6.07 Å². The number of nitrogens with zero attached hydrogens (tertiary/aromatic N) is 3. The summed E-state index contributed by atoms with van der Waals surface area (Å²) in [5, 5.41) is 21.4. The fraction of sp³-hybridized carbons (Fsp3) is 0. The molecule has 0 amide bonds. The van der Waals surface area contributed by atoms with Gasteiger partial charge in [0.25, 0.3) is 0 Å². The zero-order valence-electron chi connectivity index (χ0n) is 12.5. The summed E-state index contributed by atoms with van der Waals surface area (Å²) >= 11 is 0. The smallest absolute Gasteiger partial charge is 0.115 e. The number of rotatable bonds is 0. The van der Waals surface area contributed by atoms with Gasteiger partial charge in [0.05, 0.1) is 12.4 Å². The van der Waals surface area contributed by atoms with Crippen molar-refractivity contribution in [3.63, 3.8) is 0 Å². The molecule has 0 saturated carbocycles. The molecular formula is C19H17N3O. The Balaban J connectivity index is 0.000000131. The maximum Gasteiger partial charge on any atom is 0.115 e. The number of hydrogen-bond acceptors (Lipinski definition) is 4. The van der Waals surface area contributed by atoms with Gasteiger partial charge in [-0.05, 0) is 34.2 Å². The molecule has 0 aliphatic heterocycles. The lowest BCUT2D eigenvalue weighted by molar-refractivity contribution is 0.475. The number of para-hydroxylation sites is 1. The number of fused-ring (bicyclic) bond motifs is 1. The second kappa shape index (κ2) is 9.63. The van der Waals surface area contributed by atoms with Crippen LogP contribution in [-0.2, 0) is 0 Å². The predicted octanol–water partition coefficient (Wildman–Crippen LogP) is 4.10. The van der Waals surface area contributed by atoms with Crippen LogP contribution in [0.15, 0.2) is 97.3 Å². The molecule has 0 aliphatic rings. The number of aromatic hydroxyl groups is 1. The van der Waals surface area contributed by atoms with Crippen molar-refractivity contribution in [1.82, 2.24) is 15.4 Å². The van der Waals surface area contributed by atoms with Gasteiger partial charge >= 0.3 is 0 Å². The number of aromatic nitrogens is 3. The number of benzene rings is 3. The molecular weight excluding hydrogens is 286 g/mol. The van der Waals surface area contributed by atoms with Crippen molar-refractivity contribution < 1.29 is 5.11 Å². The van der Waals surface area contributed by atoms with Gasteiger partial charge in [0, 0.05) is 0 Å². The fourth-order valence-corrected chi connectivity index (χ4v) is 1.77. The van der Waals surface area contributed by atoms with Crippen molar-refractivity contribution in [3.8, 4) is 5.75 Å². The van der Waals surface area contributed by atoms with Gasteiger partial charge in [0.15, 0.2) is 0 Å². The van der Waals surface area contributed by atoms with E-state index in [-0.39, 0.29) is 0 Å². The zero-order valence-corrected chi connectivity index (χ0v) is 12.5. The molecule has 4 nitrogen and oxygen atoms in total. The molecule has 1 N–H and O–H groups in total. The van der Waals surface area contributed by atoms with Crippen molar-refractivity contribution in [3.05, 3.63) is 97.3 Å². The van der Waals surface area contributed by atoms with Crippen molar-refractivity contribution in [1.29, 1.82) is 0 Å². The van der Waals surface area contributed by atoms with E-state index >= 15 is 0 Å². The van der Waals surface area contributed by atoms with Crippen molar-refractivity contribution in [2.75, 3.05) is 0 Å². The molecule has 23 heavy (non-hydrogen) atoms. The first kappa shape index (κ1) is 16.1. The first-order chi connectivity index (χ1) is 11.4. The van der Waals surface area contributed by atoms with Crippen LogP contribution in [0.3, 0.4) is 0 Å². The molecule has 4 rings (SSSR count). The van der Waals surface area contributed by atoms with E-state index in [1.54, 1.807) is 42.7 Å². The highest BCUT2D eigenvalue weighted by Crippen LogP contribution is 2.11. The number of phenolic OH excluding ortho intramolecular Hbond substituents is 1. The van der Waals surface area contributed by atoms with Crippen LogP contribution >= 0.6 is 0 Å². The van der Waals surface area contributed by atoms with E-state index in [0.717, 1.165) is 0 Å². The highest BCUT2D eigenvalue weighted by molar-refractivity contribution is 5.81. The standard InChI is InChI=1S/C10H8.C6H6O.C3H3N3/c1-2-6-10-8-4-3-7-9(10)5-1;7-6-4-2-1-3-5-6;1-2-4-6-5-3-1/h1-8H;1-5,7H;1-3H. The van der Waals surface area contributed by atoms with Crippen molar-refractivity contribution in [2.45, 2.75) is 0 Å². The Morgan fingerprint density at radius 1 is 0.522 bits per heavy atom. The SMILES string of the molecule is Oc1ccccc1.c1ccc2ccccc2c1.c1cnnnc1. The molecule has 0 bridgehead atoms. The zero-order chi connectivity index (χ0) is 16.2. The van der Waals surface area contributed by atoms with Crippen LogP contribution in [0.25, 0.3) is 10.8 Å². The highest BCUT2D eigenvalue weighted by Gasteiger charge is 1.85. The molecule has 1 aromatic heterocycles. The Kier molecular flexibility index (Phi) is 6.74. The predicted molar refractivity (Wildman–Crippen MR) is 91.9 cm³/mol.